The molecule has 1 fully saturated rings. The highest BCUT2D eigenvalue weighted by molar-refractivity contribution is 7.92. The number of ether oxygens (including phenoxy) is 1. The molecule has 0 bridgehead atoms. The van der Waals surface area contributed by atoms with Gasteiger partial charge in [-0.1, -0.05) is 17.7 Å². The third-order valence-electron chi connectivity index (χ3n) is 4.57. The summed E-state index contributed by atoms with van der Waals surface area (Å²) in [5.41, 5.74) is 1.89. The molecule has 1 heterocycles. The number of aromatic nitrogens is 1. The Morgan fingerprint density at radius 1 is 1.00 bits per heavy atom. The summed E-state index contributed by atoms with van der Waals surface area (Å²) < 4.78 is 33.1. The minimum absolute atomic E-state index is 0.137. The molecule has 2 aromatic carbocycles. The van der Waals surface area contributed by atoms with Crippen molar-refractivity contribution in [2.75, 3.05) is 4.72 Å². The molecule has 0 atom stereocenters. The number of carbonyl (C=O) groups is 1. The van der Waals surface area contributed by atoms with Crippen LogP contribution in [-0.2, 0) is 10.0 Å². The van der Waals surface area contributed by atoms with E-state index in [9.17, 15) is 13.2 Å². The molecule has 2 N–H and O–H groups in total. The van der Waals surface area contributed by atoms with Gasteiger partial charge < -0.3 is 10.1 Å². The zero-order chi connectivity index (χ0) is 21.1. The second-order valence-electron chi connectivity index (χ2n) is 7.18. The monoisotopic (exact) mass is 423 g/mol. The highest BCUT2D eigenvalue weighted by atomic mass is 32.2. The van der Waals surface area contributed by atoms with Gasteiger partial charge in [0.05, 0.1) is 10.5 Å². The zero-order valence-corrected chi connectivity index (χ0v) is 17.1. The van der Waals surface area contributed by atoms with E-state index in [4.69, 9.17) is 4.74 Å². The van der Waals surface area contributed by atoms with E-state index in [1.54, 1.807) is 60.7 Å². The molecule has 0 unspecified atom stereocenters. The first-order valence-electron chi connectivity index (χ1n) is 9.53. The first kappa shape index (κ1) is 19.9. The normalized spacial score (nSPS) is 13.5. The number of hydrogen-bond donors (Lipinski definition) is 2. The fourth-order valence-corrected chi connectivity index (χ4v) is 3.77. The molecule has 1 saturated carbocycles. The van der Waals surface area contributed by atoms with Crippen molar-refractivity contribution in [3.63, 3.8) is 0 Å². The summed E-state index contributed by atoms with van der Waals surface area (Å²) in [5, 5.41) is 2.90. The molecular weight excluding hydrogens is 402 g/mol. The number of nitrogens with zero attached hydrogens (tertiary/aromatic N) is 1. The van der Waals surface area contributed by atoms with Crippen LogP contribution in [0, 0.1) is 6.92 Å². The fourth-order valence-electron chi connectivity index (χ4n) is 2.71. The predicted octanol–water partition coefficient (Wildman–Crippen LogP) is 3.88. The predicted molar refractivity (Wildman–Crippen MR) is 113 cm³/mol. The summed E-state index contributed by atoms with van der Waals surface area (Å²) in [6, 6.07) is 16.7. The average Bonchev–Trinajstić information content (AvgIpc) is 3.54. The van der Waals surface area contributed by atoms with E-state index in [0.717, 1.165) is 18.4 Å². The Morgan fingerprint density at radius 2 is 1.70 bits per heavy atom. The number of sulfonamides is 1. The van der Waals surface area contributed by atoms with Crippen molar-refractivity contribution >= 4 is 21.6 Å². The van der Waals surface area contributed by atoms with Crippen molar-refractivity contribution in [3.8, 4) is 11.6 Å². The summed E-state index contributed by atoms with van der Waals surface area (Å²) in [6.07, 6.45) is 3.52. The van der Waals surface area contributed by atoms with E-state index in [1.807, 2.05) is 6.92 Å². The van der Waals surface area contributed by atoms with Crippen molar-refractivity contribution in [1.82, 2.24) is 10.3 Å². The quantitative estimate of drug-likeness (QED) is 0.601. The molecule has 7 nitrogen and oxygen atoms in total. The van der Waals surface area contributed by atoms with Crippen molar-refractivity contribution in [2.45, 2.75) is 30.7 Å². The third kappa shape index (κ3) is 4.96. The molecule has 0 spiro atoms. The molecular formula is C22H21N3O4S. The van der Waals surface area contributed by atoms with Gasteiger partial charge in [0.2, 0.25) is 5.88 Å². The maximum atomic E-state index is 12.5. The van der Waals surface area contributed by atoms with Crippen LogP contribution in [0.2, 0.25) is 0 Å². The van der Waals surface area contributed by atoms with Gasteiger partial charge in [0.1, 0.15) is 5.75 Å². The van der Waals surface area contributed by atoms with Gasteiger partial charge in [-0.05, 0) is 62.2 Å². The van der Waals surface area contributed by atoms with Crippen LogP contribution in [0.5, 0.6) is 11.6 Å². The third-order valence-corrected chi connectivity index (χ3v) is 5.97. The van der Waals surface area contributed by atoms with Gasteiger partial charge >= 0.3 is 0 Å². The molecule has 1 aromatic heterocycles. The Bertz CT molecular complexity index is 1140. The van der Waals surface area contributed by atoms with Crippen molar-refractivity contribution < 1.29 is 17.9 Å². The SMILES string of the molecule is Cc1ccc(S(=O)(=O)Nc2ccc(Oc3ccc(C(=O)NC4CC4)cn3)cc2)cc1. The Hall–Kier alpha value is -3.39. The van der Waals surface area contributed by atoms with E-state index in [-0.39, 0.29) is 16.8 Å². The number of aryl methyl sites for hydroxylation is 1. The van der Waals surface area contributed by atoms with E-state index < -0.39 is 10.0 Å². The smallest absolute Gasteiger partial charge is 0.261 e. The molecule has 1 aliphatic carbocycles. The van der Waals surface area contributed by atoms with Crippen molar-refractivity contribution in [2.24, 2.45) is 0 Å². The number of pyridine rings is 1. The number of benzene rings is 2. The summed E-state index contributed by atoms with van der Waals surface area (Å²) >= 11 is 0. The second-order valence-corrected chi connectivity index (χ2v) is 8.86. The lowest BCUT2D eigenvalue weighted by atomic mass is 10.2. The molecule has 154 valence electrons. The van der Waals surface area contributed by atoms with Crippen LogP contribution in [0.3, 0.4) is 0 Å². The van der Waals surface area contributed by atoms with Gasteiger partial charge in [-0.3, -0.25) is 9.52 Å². The molecule has 4 rings (SSSR count). The lowest BCUT2D eigenvalue weighted by molar-refractivity contribution is 0.0950. The van der Waals surface area contributed by atoms with Gasteiger partial charge in [-0.25, -0.2) is 13.4 Å². The minimum Gasteiger partial charge on any atom is -0.439 e. The highest BCUT2D eigenvalue weighted by Gasteiger charge is 2.23. The van der Waals surface area contributed by atoms with Crippen molar-refractivity contribution in [3.05, 3.63) is 78.0 Å². The summed E-state index contributed by atoms with van der Waals surface area (Å²) in [7, 11) is -3.66. The van der Waals surface area contributed by atoms with Crippen LogP contribution in [0.4, 0.5) is 5.69 Å². The summed E-state index contributed by atoms with van der Waals surface area (Å²) in [6.45, 7) is 1.90. The van der Waals surface area contributed by atoms with E-state index in [0.29, 0.717) is 22.9 Å². The Labute approximate surface area is 175 Å². The lowest BCUT2D eigenvalue weighted by Gasteiger charge is -2.10. The molecule has 0 saturated heterocycles. The van der Waals surface area contributed by atoms with E-state index in [1.165, 1.54) is 6.20 Å². The number of nitrogens with one attached hydrogen (secondary N) is 2. The largest absolute Gasteiger partial charge is 0.439 e. The van der Waals surface area contributed by atoms with Gasteiger partial charge in [0, 0.05) is 24.0 Å². The number of hydrogen-bond acceptors (Lipinski definition) is 5. The molecule has 3 aromatic rings. The van der Waals surface area contributed by atoms with Gasteiger partial charge in [-0.15, -0.1) is 0 Å². The van der Waals surface area contributed by atoms with Crippen LogP contribution in [-0.4, -0.2) is 25.4 Å². The lowest BCUT2D eigenvalue weighted by Crippen LogP contribution is -2.25. The number of rotatable bonds is 7. The maximum Gasteiger partial charge on any atom is 0.261 e. The molecule has 30 heavy (non-hydrogen) atoms. The molecule has 1 amide bonds. The van der Waals surface area contributed by atoms with Crippen LogP contribution >= 0.6 is 0 Å². The molecule has 1 aliphatic rings. The summed E-state index contributed by atoms with van der Waals surface area (Å²) in [4.78, 5) is 16.3. The molecule has 0 aliphatic heterocycles. The standard InChI is InChI=1S/C22H21N3O4S/c1-15-2-11-20(12-3-15)30(27,28)25-18-7-9-19(10-8-18)29-21-13-4-16(14-23-21)22(26)24-17-5-6-17/h2-4,7-14,17,25H,5-6H2,1H3,(H,24,26). The number of anilines is 1. The van der Waals surface area contributed by atoms with Crippen LogP contribution in [0.25, 0.3) is 0 Å². The minimum atomic E-state index is -3.66. The van der Waals surface area contributed by atoms with E-state index >= 15 is 0 Å². The van der Waals surface area contributed by atoms with Gasteiger partial charge in [-0.2, -0.15) is 0 Å². The second kappa shape index (κ2) is 8.16. The average molecular weight is 423 g/mol. The number of amides is 1. The molecule has 8 heteroatoms. The topological polar surface area (TPSA) is 97.4 Å². The number of carbonyl (C=O) groups excluding carboxylic acids is 1. The maximum absolute atomic E-state index is 12.5. The molecule has 0 radical (unpaired) electrons. The zero-order valence-electron chi connectivity index (χ0n) is 16.3. The first-order chi connectivity index (χ1) is 14.4. The van der Waals surface area contributed by atoms with Crippen LogP contribution < -0.4 is 14.8 Å². The first-order valence-corrected chi connectivity index (χ1v) is 11.0. The fraction of sp³-hybridized carbons (Fsp3) is 0.182. The Balaban J connectivity index is 1.38. The highest BCUT2D eigenvalue weighted by Crippen LogP contribution is 2.24. The summed E-state index contributed by atoms with van der Waals surface area (Å²) in [5.74, 6) is 0.698. The van der Waals surface area contributed by atoms with Crippen molar-refractivity contribution in [1.29, 1.82) is 0 Å². The van der Waals surface area contributed by atoms with Crippen LogP contribution in [0.1, 0.15) is 28.8 Å². The Morgan fingerprint density at radius 3 is 2.30 bits per heavy atom. The van der Waals surface area contributed by atoms with Gasteiger partial charge in [0.25, 0.3) is 15.9 Å². The van der Waals surface area contributed by atoms with E-state index in [2.05, 4.69) is 15.0 Å². The Kier molecular flexibility index (Phi) is 5.41. The van der Waals surface area contributed by atoms with Crippen LogP contribution in [0.15, 0.2) is 71.8 Å². The van der Waals surface area contributed by atoms with Gasteiger partial charge in [0.15, 0.2) is 0 Å².